The molecular formula is C9H23N2+. The lowest BCUT2D eigenvalue weighted by molar-refractivity contribution is -0.368. The molecule has 0 fully saturated rings. The first-order valence-corrected chi connectivity index (χ1v) is 4.79. The predicted octanol–water partition coefficient (Wildman–Crippen LogP) is 0.740. The van der Waals surface area contributed by atoms with Crippen molar-refractivity contribution in [1.29, 1.82) is 0 Å². The van der Waals surface area contributed by atoms with E-state index in [-0.39, 0.29) is 0 Å². The summed E-state index contributed by atoms with van der Waals surface area (Å²) in [7, 11) is 2.20. The molecule has 0 heterocycles. The fourth-order valence-corrected chi connectivity index (χ4v) is 1.23. The molecule has 0 aromatic rings. The molecule has 0 saturated heterocycles. The number of hydrogen-bond acceptors (Lipinski definition) is 1. The van der Waals surface area contributed by atoms with Crippen LogP contribution in [-0.2, 0) is 0 Å². The Hall–Kier alpha value is -0.0800. The maximum atomic E-state index is 3.83. The van der Waals surface area contributed by atoms with E-state index in [1.165, 1.54) is 38.8 Å². The van der Waals surface area contributed by atoms with Crippen LogP contribution in [0.1, 0.15) is 32.6 Å². The molecule has 0 aromatic heterocycles. The van der Waals surface area contributed by atoms with Crippen LogP contribution in [0.25, 0.3) is 0 Å². The molecule has 0 unspecified atom stereocenters. The number of quaternary nitrogens is 1. The van der Waals surface area contributed by atoms with Gasteiger partial charge in [0.05, 0.1) is 6.54 Å². The van der Waals surface area contributed by atoms with E-state index < -0.39 is 0 Å². The van der Waals surface area contributed by atoms with E-state index in [1.54, 1.807) is 0 Å². The topological polar surface area (TPSA) is 30.9 Å². The second-order valence-corrected chi connectivity index (χ2v) is 3.22. The summed E-state index contributed by atoms with van der Waals surface area (Å²) in [6.45, 7) is 5.82. The van der Waals surface area contributed by atoms with Crippen molar-refractivity contribution in [3.63, 3.8) is 0 Å². The molecule has 0 amide bonds. The maximum absolute atomic E-state index is 3.83. The smallest absolute Gasteiger partial charge is 0.0739 e. The highest BCUT2D eigenvalue weighted by molar-refractivity contribution is 4.49. The summed E-state index contributed by atoms with van der Waals surface area (Å²) in [6, 6.07) is 0. The molecule has 0 rings (SSSR count). The fourth-order valence-electron chi connectivity index (χ4n) is 1.23. The van der Waals surface area contributed by atoms with Crippen LogP contribution in [0, 0.1) is 0 Å². The molecule has 11 heavy (non-hydrogen) atoms. The Morgan fingerprint density at radius 3 is 2.36 bits per heavy atom. The molecule has 0 aromatic carbocycles. The third kappa shape index (κ3) is 7.82. The van der Waals surface area contributed by atoms with Gasteiger partial charge in [0.25, 0.3) is 0 Å². The van der Waals surface area contributed by atoms with E-state index in [2.05, 4.69) is 24.6 Å². The minimum absolute atomic E-state index is 1.09. The quantitative estimate of drug-likeness (QED) is 0.546. The van der Waals surface area contributed by atoms with Crippen LogP contribution in [0.15, 0.2) is 0 Å². The molecule has 3 N–H and O–H groups in total. The molecule has 0 bridgehead atoms. The molecule has 0 aliphatic heterocycles. The van der Waals surface area contributed by atoms with Crippen LogP contribution in [-0.4, -0.2) is 31.6 Å². The Bertz CT molecular complexity index is 74.0. The molecule has 0 atom stereocenters. The molecule has 0 saturated carbocycles. The summed E-state index contributed by atoms with van der Waals surface area (Å²) in [5.74, 6) is 0. The van der Waals surface area contributed by atoms with Crippen molar-refractivity contribution in [1.82, 2.24) is 4.90 Å². The van der Waals surface area contributed by atoms with Crippen molar-refractivity contribution in [2.45, 2.75) is 32.6 Å². The van der Waals surface area contributed by atoms with Crippen LogP contribution >= 0.6 is 0 Å². The maximum Gasteiger partial charge on any atom is 0.0739 e. The highest BCUT2D eigenvalue weighted by Gasteiger charge is 1.95. The van der Waals surface area contributed by atoms with Crippen molar-refractivity contribution >= 4 is 0 Å². The molecule has 0 aliphatic carbocycles. The monoisotopic (exact) mass is 159 g/mol. The largest absolute Gasteiger partial charge is 0.358 e. The second kappa shape index (κ2) is 8.02. The molecular weight excluding hydrogens is 136 g/mol. The zero-order valence-corrected chi connectivity index (χ0v) is 8.10. The van der Waals surface area contributed by atoms with E-state index in [0.717, 1.165) is 6.54 Å². The van der Waals surface area contributed by atoms with Gasteiger partial charge >= 0.3 is 0 Å². The molecule has 0 spiro atoms. The number of unbranched alkanes of at least 4 members (excludes halogenated alkanes) is 2. The summed E-state index contributed by atoms with van der Waals surface area (Å²) in [6.07, 6.45) is 5.25. The van der Waals surface area contributed by atoms with Gasteiger partial charge in [-0.3, -0.25) is 0 Å². The normalized spacial score (nSPS) is 10.9. The highest BCUT2D eigenvalue weighted by atomic mass is 15.1. The number of nitrogens with zero attached hydrogens (tertiary/aromatic N) is 1. The van der Waals surface area contributed by atoms with Crippen LogP contribution in [0.4, 0.5) is 0 Å². The lowest BCUT2D eigenvalue weighted by atomic mass is 10.2. The average molecular weight is 159 g/mol. The Labute approximate surface area is 70.8 Å². The minimum Gasteiger partial charge on any atom is -0.358 e. The Morgan fingerprint density at radius 2 is 1.82 bits per heavy atom. The van der Waals surface area contributed by atoms with Crippen molar-refractivity contribution in [3.05, 3.63) is 0 Å². The fraction of sp³-hybridized carbons (Fsp3) is 1.00. The van der Waals surface area contributed by atoms with Crippen molar-refractivity contribution in [3.8, 4) is 0 Å². The van der Waals surface area contributed by atoms with Gasteiger partial charge < -0.3 is 10.6 Å². The van der Waals surface area contributed by atoms with Gasteiger partial charge in [-0.05, 0) is 45.8 Å². The van der Waals surface area contributed by atoms with Crippen LogP contribution in [0.5, 0.6) is 0 Å². The van der Waals surface area contributed by atoms with Crippen LogP contribution < -0.4 is 5.73 Å². The average Bonchev–Trinajstić information content (AvgIpc) is 1.99. The van der Waals surface area contributed by atoms with Crippen molar-refractivity contribution in [2.75, 3.05) is 26.7 Å². The van der Waals surface area contributed by atoms with Gasteiger partial charge in [-0.1, -0.05) is 6.92 Å². The molecule has 0 radical (unpaired) electrons. The Morgan fingerprint density at radius 1 is 1.09 bits per heavy atom. The van der Waals surface area contributed by atoms with Gasteiger partial charge in [-0.15, -0.1) is 0 Å². The van der Waals surface area contributed by atoms with Gasteiger partial charge in [0.1, 0.15) is 0 Å². The highest BCUT2D eigenvalue weighted by Crippen LogP contribution is 1.95. The first-order valence-electron chi connectivity index (χ1n) is 4.79. The standard InChI is InChI=1S/C9H22N2/c1-3-8-11(2)9-6-4-5-7-10/h3-10H2,1-2H3/p+1. The summed E-state index contributed by atoms with van der Waals surface area (Å²) in [5.41, 5.74) is 3.83. The summed E-state index contributed by atoms with van der Waals surface area (Å²) < 4.78 is 0. The number of rotatable bonds is 7. The summed E-state index contributed by atoms with van der Waals surface area (Å²) in [4.78, 5) is 2.41. The number of hydrogen-bond donors (Lipinski definition) is 1. The van der Waals surface area contributed by atoms with Gasteiger partial charge in [0.2, 0.25) is 0 Å². The first-order chi connectivity index (χ1) is 5.31. The van der Waals surface area contributed by atoms with Gasteiger partial charge in [-0.2, -0.15) is 0 Å². The molecule has 0 aliphatic rings. The van der Waals surface area contributed by atoms with Gasteiger partial charge in [0, 0.05) is 0 Å². The predicted molar refractivity (Wildman–Crippen MR) is 49.4 cm³/mol. The van der Waals surface area contributed by atoms with E-state index in [0.29, 0.717) is 0 Å². The Kier molecular flexibility index (Phi) is 7.96. The van der Waals surface area contributed by atoms with E-state index in [4.69, 9.17) is 0 Å². The van der Waals surface area contributed by atoms with E-state index in [1.807, 2.05) is 0 Å². The van der Waals surface area contributed by atoms with Crippen LogP contribution in [0.3, 0.4) is 0 Å². The second-order valence-electron chi connectivity index (χ2n) is 3.22. The molecule has 2 nitrogen and oxygen atoms in total. The third-order valence-electron chi connectivity index (χ3n) is 1.90. The SMILES string of the molecule is CCCN(C)CCCCC[NH3+]. The lowest BCUT2D eigenvalue weighted by Crippen LogP contribution is -2.50. The molecule has 2 heteroatoms. The van der Waals surface area contributed by atoms with Crippen LogP contribution in [0.2, 0.25) is 0 Å². The van der Waals surface area contributed by atoms with Gasteiger partial charge in [0.15, 0.2) is 0 Å². The van der Waals surface area contributed by atoms with Crippen molar-refractivity contribution < 1.29 is 5.73 Å². The zero-order valence-electron chi connectivity index (χ0n) is 8.10. The van der Waals surface area contributed by atoms with E-state index in [9.17, 15) is 0 Å². The minimum atomic E-state index is 1.09. The summed E-state index contributed by atoms with van der Waals surface area (Å²) in [5, 5.41) is 0. The lowest BCUT2D eigenvalue weighted by Gasteiger charge is -2.14. The summed E-state index contributed by atoms with van der Waals surface area (Å²) >= 11 is 0. The molecule has 68 valence electrons. The van der Waals surface area contributed by atoms with Crippen molar-refractivity contribution in [2.24, 2.45) is 0 Å². The Balaban J connectivity index is 2.97. The first kappa shape index (κ1) is 10.9. The van der Waals surface area contributed by atoms with E-state index >= 15 is 0 Å². The zero-order chi connectivity index (χ0) is 8.53. The van der Waals surface area contributed by atoms with Gasteiger partial charge in [-0.25, -0.2) is 0 Å². The third-order valence-corrected chi connectivity index (χ3v) is 1.90.